The van der Waals surface area contributed by atoms with Crippen molar-refractivity contribution < 1.29 is 13.2 Å². The Hall–Kier alpha value is 0.100. The van der Waals surface area contributed by atoms with E-state index in [4.69, 9.17) is 0 Å². The van der Waals surface area contributed by atoms with Crippen LogP contribution in [0.25, 0.3) is 0 Å². The van der Waals surface area contributed by atoms with Gasteiger partial charge in [0.1, 0.15) is 0 Å². The number of alkyl halides is 3. The highest BCUT2D eigenvalue weighted by Gasteiger charge is 2.27. The maximum atomic E-state index is 11.7. The lowest BCUT2D eigenvalue weighted by Crippen LogP contribution is -2.29. The maximum Gasteiger partial charge on any atom is 0.441 e. The van der Waals surface area contributed by atoms with Crippen LogP contribution >= 0.6 is 11.8 Å². The van der Waals surface area contributed by atoms with Crippen LogP contribution in [0.3, 0.4) is 0 Å². The highest BCUT2D eigenvalue weighted by atomic mass is 32.2. The van der Waals surface area contributed by atoms with Crippen molar-refractivity contribution in [2.75, 3.05) is 12.3 Å². The molecule has 0 spiro atoms. The molecule has 0 aromatic carbocycles. The lowest BCUT2D eigenvalue weighted by atomic mass is 10.1. The summed E-state index contributed by atoms with van der Waals surface area (Å²) in [6.07, 6.45) is 0.997. The second-order valence-electron chi connectivity index (χ2n) is 3.78. The summed E-state index contributed by atoms with van der Waals surface area (Å²) in [6.45, 7) is 6.61. The summed E-state index contributed by atoms with van der Waals surface area (Å²) in [5.74, 6) is 0.666. The maximum absolute atomic E-state index is 11.7. The van der Waals surface area contributed by atoms with Crippen molar-refractivity contribution in [2.45, 2.75) is 38.7 Å². The number of halogens is 3. The summed E-state index contributed by atoms with van der Waals surface area (Å²) in [5, 5.41) is 3.07. The Morgan fingerprint density at radius 2 is 1.79 bits per heavy atom. The molecule has 14 heavy (non-hydrogen) atoms. The predicted molar refractivity (Wildman–Crippen MR) is 55.4 cm³/mol. The summed E-state index contributed by atoms with van der Waals surface area (Å²) in [4.78, 5) is 0. The van der Waals surface area contributed by atoms with Crippen LogP contribution in [-0.2, 0) is 0 Å². The van der Waals surface area contributed by atoms with Crippen LogP contribution in [0, 0.1) is 5.92 Å². The van der Waals surface area contributed by atoms with E-state index in [2.05, 4.69) is 19.2 Å². The van der Waals surface area contributed by atoms with Gasteiger partial charge in [-0.2, -0.15) is 13.2 Å². The Morgan fingerprint density at radius 1 is 1.21 bits per heavy atom. The molecule has 1 nitrogen and oxygen atoms in total. The Bertz CT molecular complexity index is 147. The molecule has 0 aliphatic heterocycles. The van der Waals surface area contributed by atoms with Gasteiger partial charge in [0.25, 0.3) is 0 Å². The first-order chi connectivity index (χ1) is 6.31. The molecule has 86 valence electrons. The number of thioether (sulfide) groups is 1. The average Bonchev–Trinajstić information content (AvgIpc) is 1.95. The van der Waals surface area contributed by atoms with E-state index in [1.807, 2.05) is 6.92 Å². The van der Waals surface area contributed by atoms with Gasteiger partial charge in [-0.25, -0.2) is 0 Å². The van der Waals surface area contributed by atoms with Crippen LogP contribution in [0.2, 0.25) is 0 Å². The minimum Gasteiger partial charge on any atom is -0.313 e. The van der Waals surface area contributed by atoms with E-state index in [0.717, 1.165) is 6.42 Å². The highest BCUT2D eigenvalue weighted by molar-refractivity contribution is 8.00. The third kappa shape index (κ3) is 10.2. The van der Waals surface area contributed by atoms with E-state index < -0.39 is 5.51 Å². The van der Waals surface area contributed by atoms with E-state index in [9.17, 15) is 13.2 Å². The molecule has 5 heteroatoms. The monoisotopic (exact) mass is 229 g/mol. The molecule has 0 aliphatic carbocycles. The molecule has 0 saturated carbocycles. The van der Waals surface area contributed by atoms with Crippen molar-refractivity contribution in [1.82, 2.24) is 5.32 Å². The van der Waals surface area contributed by atoms with Crippen molar-refractivity contribution in [3.05, 3.63) is 0 Å². The highest BCUT2D eigenvalue weighted by Crippen LogP contribution is 2.29. The van der Waals surface area contributed by atoms with Gasteiger partial charge in [-0.05, 0) is 31.0 Å². The standard InChI is InChI=1S/C9H18F3NS/c1-7(2)6-8(3)13-4-5-14-9(10,11)12/h7-8,13H,4-6H2,1-3H3. The van der Waals surface area contributed by atoms with Gasteiger partial charge in [0.05, 0.1) is 0 Å². The fourth-order valence-electron chi connectivity index (χ4n) is 1.26. The SMILES string of the molecule is CC(C)CC(C)NCCSC(F)(F)F. The molecule has 0 aromatic heterocycles. The largest absolute Gasteiger partial charge is 0.441 e. The molecule has 0 saturated heterocycles. The van der Waals surface area contributed by atoms with Crippen molar-refractivity contribution in [3.8, 4) is 0 Å². The van der Waals surface area contributed by atoms with Crippen molar-refractivity contribution in [3.63, 3.8) is 0 Å². The summed E-state index contributed by atoms with van der Waals surface area (Å²) in [5.41, 5.74) is -4.09. The second kappa shape index (κ2) is 6.56. The molecule has 1 unspecified atom stereocenters. The van der Waals surface area contributed by atoms with Crippen molar-refractivity contribution in [1.29, 1.82) is 0 Å². The zero-order valence-corrected chi connectivity index (χ0v) is 9.63. The molecule has 1 atom stereocenters. The fraction of sp³-hybridized carbons (Fsp3) is 1.00. The van der Waals surface area contributed by atoms with Crippen LogP contribution in [0.1, 0.15) is 27.2 Å². The van der Waals surface area contributed by atoms with Crippen LogP contribution in [0.4, 0.5) is 13.2 Å². The Labute approximate surface area is 87.8 Å². The molecule has 0 heterocycles. The predicted octanol–water partition coefficient (Wildman–Crippen LogP) is 3.26. The molecule has 0 radical (unpaired) electrons. The average molecular weight is 229 g/mol. The minimum absolute atomic E-state index is 0.0319. The normalized spacial score (nSPS) is 14.8. The van der Waals surface area contributed by atoms with E-state index in [-0.39, 0.29) is 17.5 Å². The molecule has 0 aliphatic rings. The molecule has 0 rings (SSSR count). The summed E-state index contributed by atoms with van der Waals surface area (Å²) < 4.78 is 35.2. The molecule has 0 bridgehead atoms. The fourth-order valence-corrected chi connectivity index (χ4v) is 1.71. The number of hydrogen-bond acceptors (Lipinski definition) is 2. The third-order valence-electron chi connectivity index (χ3n) is 1.69. The Balaban J connectivity index is 3.36. The summed E-state index contributed by atoms with van der Waals surface area (Å²) in [6, 6.07) is 0.295. The van der Waals surface area contributed by atoms with E-state index in [1.165, 1.54) is 0 Å². The molecular formula is C9H18F3NS. The zero-order chi connectivity index (χ0) is 11.2. The zero-order valence-electron chi connectivity index (χ0n) is 8.82. The number of nitrogens with one attached hydrogen (secondary N) is 1. The first-order valence-corrected chi connectivity index (χ1v) is 5.74. The van der Waals surface area contributed by atoms with E-state index in [1.54, 1.807) is 0 Å². The van der Waals surface area contributed by atoms with Gasteiger partial charge in [-0.1, -0.05) is 13.8 Å². The van der Waals surface area contributed by atoms with Crippen molar-refractivity contribution in [2.24, 2.45) is 5.92 Å². The lowest BCUT2D eigenvalue weighted by Gasteiger charge is -2.15. The van der Waals surface area contributed by atoms with Gasteiger partial charge in [0.15, 0.2) is 0 Å². The van der Waals surface area contributed by atoms with Crippen LogP contribution < -0.4 is 5.32 Å². The van der Waals surface area contributed by atoms with Gasteiger partial charge in [0.2, 0.25) is 0 Å². The minimum atomic E-state index is -4.09. The van der Waals surface area contributed by atoms with Crippen molar-refractivity contribution >= 4 is 11.8 Å². The Morgan fingerprint density at radius 3 is 2.21 bits per heavy atom. The van der Waals surface area contributed by atoms with Crippen LogP contribution in [0.5, 0.6) is 0 Å². The van der Waals surface area contributed by atoms with Gasteiger partial charge >= 0.3 is 5.51 Å². The molecule has 0 fully saturated rings. The molecule has 0 amide bonds. The van der Waals surface area contributed by atoms with Gasteiger partial charge in [0, 0.05) is 18.3 Å². The number of rotatable bonds is 6. The van der Waals surface area contributed by atoms with Crippen LogP contribution in [0.15, 0.2) is 0 Å². The van der Waals surface area contributed by atoms with Gasteiger partial charge in [-0.3, -0.25) is 0 Å². The van der Waals surface area contributed by atoms with E-state index in [0.29, 0.717) is 18.5 Å². The van der Waals surface area contributed by atoms with Gasteiger partial charge < -0.3 is 5.32 Å². The van der Waals surface area contributed by atoms with Crippen LogP contribution in [-0.4, -0.2) is 23.8 Å². The molecule has 0 aromatic rings. The molecular weight excluding hydrogens is 211 g/mol. The first-order valence-electron chi connectivity index (χ1n) is 4.75. The summed E-state index contributed by atoms with van der Waals surface area (Å²) >= 11 is 0.0319. The quantitative estimate of drug-likeness (QED) is 0.702. The topological polar surface area (TPSA) is 12.0 Å². The summed E-state index contributed by atoms with van der Waals surface area (Å²) in [7, 11) is 0. The Kier molecular flexibility index (Phi) is 6.61. The third-order valence-corrected chi connectivity index (χ3v) is 2.42. The number of hydrogen-bond donors (Lipinski definition) is 1. The lowest BCUT2D eigenvalue weighted by molar-refractivity contribution is -0.0327. The smallest absolute Gasteiger partial charge is 0.313 e. The first kappa shape index (κ1) is 14.1. The molecule has 1 N–H and O–H groups in total. The second-order valence-corrected chi connectivity index (χ2v) is 4.94. The van der Waals surface area contributed by atoms with Gasteiger partial charge in [-0.15, -0.1) is 0 Å². The van der Waals surface area contributed by atoms with E-state index >= 15 is 0 Å².